The summed E-state index contributed by atoms with van der Waals surface area (Å²) in [5, 5.41) is 22.3. The number of benzene rings is 2. The molecule has 1 saturated heterocycles. The Hall–Kier alpha value is -5.42. The molecule has 1 fully saturated rings. The minimum absolute atomic E-state index is 0.105. The maximum absolute atomic E-state index is 14.6. The molecule has 5 unspecified atom stereocenters. The number of hydrazine groups is 1. The molecule has 15 nitrogen and oxygen atoms in total. The standard InChI is InChI=1S/C45H60N8O7S/c1-8-30(2)39(49-43(57)60-7)41(55)50-52(25-32-17-19-33(20-18-32)35-16-12-13-21-46-35)27-37(54)36(24-31-14-10-9-11-15-31)48-42(56)40(45(3,4)5)53-23-22-51(44(53)58)26-34-29-61-38(47-34)28-59-6/h9-21,29-30,36-37,39-40,54H,8,22-28H2,1-7H3,(H,48,56)(H,49,57)(H,50,55). The Kier molecular flexibility index (Phi) is 16.7. The zero-order valence-electron chi connectivity index (χ0n) is 36.2. The van der Waals surface area contributed by atoms with Crippen LogP contribution < -0.4 is 16.1 Å². The van der Waals surface area contributed by atoms with Gasteiger partial charge < -0.3 is 35.0 Å². The third-order valence-corrected chi connectivity index (χ3v) is 11.6. The Balaban J connectivity index is 1.40. The number of nitrogens with one attached hydrogen (secondary N) is 3. The summed E-state index contributed by atoms with van der Waals surface area (Å²) in [5.74, 6) is -1.14. The van der Waals surface area contributed by atoms with Gasteiger partial charge in [-0.15, -0.1) is 11.3 Å². The molecule has 0 bridgehead atoms. The number of nitrogens with zero attached hydrogens (tertiary/aromatic N) is 5. The van der Waals surface area contributed by atoms with Crippen LogP contribution in [0.15, 0.2) is 84.4 Å². The van der Waals surface area contributed by atoms with E-state index in [9.17, 15) is 24.3 Å². The predicted molar refractivity (Wildman–Crippen MR) is 234 cm³/mol. The maximum atomic E-state index is 14.6. The van der Waals surface area contributed by atoms with Gasteiger partial charge in [-0.3, -0.25) is 20.0 Å². The van der Waals surface area contributed by atoms with Crippen LogP contribution in [-0.2, 0) is 45.2 Å². The quantitative estimate of drug-likeness (QED) is 0.0843. The van der Waals surface area contributed by atoms with Crippen LogP contribution in [0.25, 0.3) is 11.3 Å². The zero-order chi connectivity index (χ0) is 44.1. The average Bonchev–Trinajstić information content (AvgIpc) is 3.84. The summed E-state index contributed by atoms with van der Waals surface area (Å²) < 4.78 is 10.0. The molecule has 0 spiro atoms. The average molecular weight is 857 g/mol. The van der Waals surface area contributed by atoms with Gasteiger partial charge in [-0.25, -0.2) is 19.6 Å². The molecule has 0 saturated carbocycles. The third-order valence-electron chi connectivity index (χ3n) is 10.7. The number of rotatable bonds is 20. The fraction of sp³-hybridized carbons (Fsp3) is 0.467. The van der Waals surface area contributed by atoms with Gasteiger partial charge in [-0.2, -0.15) is 0 Å². The number of alkyl carbamates (subject to hydrolysis) is 1. The van der Waals surface area contributed by atoms with Crippen LogP contribution in [0.2, 0.25) is 0 Å². The number of carbonyl (C=O) groups excluding carboxylic acids is 4. The Morgan fingerprint density at radius 2 is 1.67 bits per heavy atom. The van der Waals surface area contributed by atoms with Crippen molar-refractivity contribution in [2.24, 2.45) is 11.3 Å². The number of urea groups is 1. The minimum Gasteiger partial charge on any atom is -0.453 e. The molecule has 3 heterocycles. The van der Waals surface area contributed by atoms with Crippen molar-refractivity contribution in [1.29, 1.82) is 0 Å². The van der Waals surface area contributed by atoms with Crippen molar-refractivity contribution in [3.63, 3.8) is 0 Å². The van der Waals surface area contributed by atoms with Crippen LogP contribution in [0.5, 0.6) is 0 Å². The Morgan fingerprint density at radius 3 is 2.31 bits per heavy atom. The molecule has 2 aromatic carbocycles. The normalized spacial score (nSPS) is 15.5. The Labute approximate surface area is 362 Å². The van der Waals surface area contributed by atoms with Crippen molar-refractivity contribution >= 4 is 35.3 Å². The van der Waals surface area contributed by atoms with E-state index in [1.54, 1.807) is 28.1 Å². The van der Waals surface area contributed by atoms with Crippen LogP contribution in [0.4, 0.5) is 9.59 Å². The molecule has 2 aromatic heterocycles. The lowest BCUT2D eigenvalue weighted by Crippen LogP contribution is -2.60. The molecule has 1 aliphatic rings. The second kappa shape index (κ2) is 21.9. The van der Waals surface area contributed by atoms with Gasteiger partial charge in [0.05, 0.1) is 43.8 Å². The van der Waals surface area contributed by atoms with Crippen LogP contribution in [0.1, 0.15) is 62.9 Å². The van der Waals surface area contributed by atoms with Crippen molar-refractivity contribution in [3.05, 3.63) is 106 Å². The SMILES string of the molecule is CCC(C)C(NC(=O)OC)C(=O)NN(Cc1ccc(-c2ccccn2)cc1)CC(O)C(Cc1ccccc1)NC(=O)C(N1CCN(Cc2csc(COC)n2)C1=O)C(C)(C)C. The van der Waals surface area contributed by atoms with Gasteiger partial charge in [0, 0.05) is 50.4 Å². The second-order valence-corrected chi connectivity index (χ2v) is 17.4. The van der Waals surface area contributed by atoms with E-state index in [-0.39, 0.29) is 31.5 Å². The zero-order valence-corrected chi connectivity index (χ0v) is 37.0. The second-order valence-electron chi connectivity index (χ2n) is 16.5. The number of aliphatic hydroxyl groups excluding tert-OH is 1. The van der Waals surface area contributed by atoms with Crippen LogP contribution in [-0.4, -0.2) is 112 Å². The topological polar surface area (TPSA) is 179 Å². The molecule has 5 atom stereocenters. The molecule has 328 valence electrons. The highest BCUT2D eigenvalue weighted by atomic mass is 32.1. The highest BCUT2D eigenvalue weighted by Crippen LogP contribution is 2.29. The number of aromatic nitrogens is 2. The number of aliphatic hydroxyl groups is 1. The number of hydrogen-bond acceptors (Lipinski definition) is 11. The molecule has 61 heavy (non-hydrogen) atoms. The van der Waals surface area contributed by atoms with Crippen LogP contribution >= 0.6 is 11.3 Å². The van der Waals surface area contributed by atoms with Crippen LogP contribution in [0, 0.1) is 11.3 Å². The fourth-order valence-corrected chi connectivity index (χ4v) is 8.12. The van der Waals surface area contributed by atoms with Crippen molar-refractivity contribution in [3.8, 4) is 11.3 Å². The first kappa shape index (κ1) is 46.6. The van der Waals surface area contributed by atoms with Gasteiger partial charge in [0.1, 0.15) is 17.1 Å². The van der Waals surface area contributed by atoms with Crippen molar-refractivity contribution in [2.75, 3.05) is 33.9 Å². The molecular formula is C45H60N8O7S. The number of methoxy groups -OCH3 is 2. The molecule has 5 rings (SSSR count). The van der Waals surface area contributed by atoms with E-state index >= 15 is 0 Å². The summed E-state index contributed by atoms with van der Waals surface area (Å²) in [5.41, 5.74) is 6.47. The number of hydrogen-bond donors (Lipinski definition) is 4. The van der Waals surface area contributed by atoms with Crippen molar-refractivity contribution in [1.82, 2.24) is 40.8 Å². The van der Waals surface area contributed by atoms with E-state index in [0.717, 1.165) is 33.1 Å². The monoisotopic (exact) mass is 856 g/mol. The first-order valence-electron chi connectivity index (χ1n) is 20.6. The lowest BCUT2D eigenvalue weighted by Gasteiger charge is -2.38. The summed E-state index contributed by atoms with van der Waals surface area (Å²) >= 11 is 1.47. The maximum Gasteiger partial charge on any atom is 0.407 e. The lowest BCUT2D eigenvalue weighted by molar-refractivity contribution is -0.132. The summed E-state index contributed by atoms with van der Waals surface area (Å²) in [6.07, 6.45) is 0.628. The number of carbonyl (C=O) groups is 4. The van der Waals surface area contributed by atoms with E-state index in [0.29, 0.717) is 32.7 Å². The van der Waals surface area contributed by atoms with E-state index in [1.807, 2.05) is 113 Å². The summed E-state index contributed by atoms with van der Waals surface area (Å²) in [7, 11) is 2.85. The summed E-state index contributed by atoms with van der Waals surface area (Å²) in [6.45, 7) is 11.1. The largest absolute Gasteiger partial charge is 0.453 e. The smallest absolute Gasteiger partial charge is 0.407 e. The van der Waals surface area contributed by atoms with Gasteiger partial charge in [-0.1, -0.05) is 102 Å². The molecule has 0 aliphatic carbocycles. The van der Waals surface area contributed by atoms with Crippen molar-refractivity contribution in [2.45, 2.75) is 91.4 Å². The Morgan fingerprint density at radius 1 is 0.951 bits per heavy atom. The molecular weight excluding hydrogens is 797 g/mol. The first-order valence-corrected chi connectivity index (χ1v) is 21.5. The fourth-order valence-electron chi connectivity index (χ4n) is 7.36. The number of pyridine rings is 1. The highest BCUT2D eigenvalue weighted by Gasteiger charge is 2.44. The molecule has 4 N–H and O–H groups in total. The first-order chi connectivity index (χ1) is 29.2. The summed E-state index contributed by atoms with van der Waals surface area (Å²) in [4.78, 5) is 67.2. The van der Waals surface area contributed by atoms with E-state index in [1.165, 1.54) is 18.4 Å². The number of amides is 5. The molecule has 0 radical (unpaired) electrons. The summed E-state index contributed by atoms with van der Waals surface area (Å²) in [6, 6.07) is 20.0. The number of ether oxygens (including phenoxy) is 2. The van der Waals surface area contributed by atoms with E-state index in [2.05, 4.69) is 26.0 Å². The van der Waals surface area contributed by atoms with Crippen molar-refractivity contribution < 1.29 is 33.8 Å². The molecule has 5 amide bonds. The molecule has 16 heteroatoms. The lowest BCUT2D eigenvalue weighted by atomic mass is 9.84. The van der Waals surface area contributed by atoms with Crippen LogP contribution in [0.3, 0.4) is 0 Å². The molecule has 1 aliphatic heterocycles. The Bertz CT molecular complexity index is 2030. The van der Waals surface area contributed by atoms with Gasteiger partial charge >= 0.3 is 12.1 Å². The predicted octanol–water partition coefficient (Wildman–Crippen LogP) is 5.40. The van der Waals surface area contributed by atoms with Gasteiger partial charge in [0.25, 0.3) is 5.91 Å². The van der Waals surface area contributed by atoms with Gasteiger partial charge in [-0.05, 0) is 41.0 Å². The van der Waals surface area contributed by atoms with Gasteiger partial charge in [0.15, 0.2) is 0 Å². The van der Waals surface area contributed by atoms with E-state index in [4.69, 9.17) is 9.47 Å². The van der Waals surface area contributed by atoms with E-state index < -0.39 is 47.6 Å². The highest BCUT2D eigenvalue weighted by molar-refractivity contribution is 7.09. The minimum atomic E-state index is -1.22. The third kappa shape index (κ3) is 13.0. The number of thiazole rings is 1. The van der Waals surface area contributed by atoms with Gasteiger partial charge in [0.2, 0.25) is 5.91 Å². The molecule has 4 aromatic rings.